The van der Waals surface area contributed by atoms with E-state index in [1.165, 1.54) is 9.21 Å². The van der Waals surface area contributed by atoms with Gasteiger partial charge >= 0.3 is 6.09 Å². The second-order valence-corrected chi connectivity index (χ2v) is 13.5. The van der Waals surface area contributed by atoms with E-state index in [2.05, 4.69) is 5.32 Å². The lowest BCUT2D eigenvalue weighted by atomic mass is 10.0. The number of nitrogens with one attached hydrogen (secondary N) is 1. The number of hydrogen-bond donors (Lipinski definition) is 2. The van der Waals surface area contributed by atoms with Crippen LogP contribution in [0.1, 0.15) is 43.9 Å². The van der Waals surface area contributed by atoms with Gasteiger partial charge in [0.25, 0.3) is 5.91 Å². The predicted molar refractivity (Wildman–Crippen MR) is 171 cm³/mol. The van der Waals surface area contributed by atoms with Crippen molar-refractivity contribution in [3.8, 4) is 0 Å². The first-order valence-corrected chi connectivity index (χ1v) is 16.6. The smallest absolute Gasteiger partial charge is 0.415 e. The fourth-order valence-electron chi connectivity index (χ4n) is 5.16. The number of amides is 2. The van der Waals surface area contributed by atoms with Crippen LogP contribution in [0, 0.1) is 12.8 Å². The molecule has 0 aromatic heterocycles. The third kappa shape index (κ3) is 8.25. The van der Waals surface area contributed by atoms with Gasteiger partial charge in [0.15, 0.2) is 6.10 Å². The molecule has 236 valence electrons. The van der Waals surface area contributed by atoms with Crippen molar-refractivity contribution < 1.29 is 27.9 Å². The van der Waals surface area contributed by atoms with Crippen molar-refractivity contribution in [3.05, 3.63) is 95.6 Å². The number of sulfonamides is 1. The van der Waals surface area contributed by atoms with Gasteiger partial charge in [-0.25, -0.2) is 13.2 Å². The number of rotatable bonds is 14. The van der Waals surface area contributed by atoms with Gasteiger partial charge in [0.05, 0.1) is 23.6 Å². The fraction of sp³-hybridized carbons (Fsp3) is 0.412. The zero-order valence-corrected chi connectivity index (χ0v) is 26.7. The Morgan fingerprint density at radius 2 is 1.73 bits per heavy atom. The van der Waals surface area contributed by atoms with Crippen molar-refractivity contribution in [1.82, 2.24) is 9.62 Å². The van der Waals surface area contributed by atoms with E-state index in [9.17, 15) is 23.1 Å². The fourth-order valence-corrected chi connectivity index (χ4v) is 6.74. The Hall–Kier alpha value is -3.73. The standard InChI is InChI=1S/C34H43N3O6S/c1-5-24(3)21-36(44(41,42)29-17-15-26(6-2)16-18-29)22-31(38)30(20-27-12-8-7-9-13-27)35-33(39)32-23-37(34(40)43-32)28-14-10-11-25(4)19-28/h7-19,24,30-32,38H,5-6,20-23H2,1-4H3,(H,35,39)/t24-,30-,31+,32-/m0/s1. The van der Waals surface area contributed by atoms with Crippen molar-refractivity contribution in [3.63, 3.8) is 0 Å². The predicted octanol–water partition coefficient (Wildman–Crippen LogP) is 4.71. The van der Waals surface area contributed by atoms with E-state index in [1.807, 2.05) is 76.2 Å². The first-order valence-electron chi connectivity index (χ1n) is 15.2. The van der Waals surface area contributed by atoms with E-state index in [0.29, 0.717) is 5.69 Å². The molecule has 3 aromatic rings. The number of carbonyl (C=O) groups is 2. The third-order valence-corrected chi connectivity index (χ3v) is 9.93. The molecule has 1 saturated heterocycles. The summed E-state index contributed by atoms with van der Waals surface area (Å²) in [4.78, 5) is 27.7. The van der Waals surface area contributed by atoms with Gasteiger partial charge in [0, 0.05) is 18.8 Å². The normalized spacial score (nSPS) is 17.3. The summed E-state index contributed by atoms with van der Waals surface area (Å²) in [6.45, 7) is 7.88. The van der Waals surface area contributed by atoms with Gasteiger partial charge in [-0.2, -0.15) is 4.31 Å². The minimum Gasteiger partial charge on any atom is -0.434 e. The van der Waals surface area contributed by atoms with Crippen molar-refractivity contribution in [2.45, 2.75) is 70.1 Å². The number of carbonyl (C=O) groups excluding carboxylic acids is 2. The highest BCUT2D eigenvalue weighted by atomic mass is 32.2. The molecule has 1 aliphatic rings. The number of aliphatic hydroxyl groups excluding tert-OH is 1. The molecule has 0 unspecified atom stereocenters. The van der Waals surface area contributed by atoms with Crippen LogP contribution >= 0.6 is 0 Å². The van der Waals surface area contributed by atoms with Crippen LogP contribution in [0.3, 0.4) is 0 Å². The Balaban J connectivity index is 1.56. The summed E-state index contributed by atoms with van der Waals surface area (Å²) in [5.41, 5.74) is 3.47. The second-order valence-electron chi connectivity index (χ2n) is 11.5. The number of benzene rings is 3. The lowest BCUT2D eigenvalue weighted by Crippen LogP contribution is -2.53. The van der Waals surface area contributed by atoms with Crippen molar-refractivity contribution in [2.75, 3.05) is 24.5 Å². The molecule has 0 radical (unpaired) electrons. The molecule has 1 heterocycles. The maximum Gasteiger partial charge on any atom is 0.415 e. The second kappa shape index (κ2) is 14.8. The zero-order chi connectivity index (χ0) is 31.9. The molecule has 2 amide bonds. The Bertz CT molecular complexity index is 1510. The van der Waals surface area contributed by atoms with Crippen LogP contribution in [0.5, 0.6) is 0 Å². The van der Waals surface area contributed by atoms with Gasteiger partial charge in [-0.1, -0.05) is 81.8 Å². The summed E-state index contributed by atoms with van der Waals surface area (Å²) in [6, 6.07) is 22.6. The first-order chi connectivity index (χ1) is 21.0. The van der Waals surface area contributed by atoms with Crippen LogP contribution in [-0.4, -0.2) is 67.7 Å². The van der Waals surface area contributed by atoms with Crippen LogP contribution in [0.15, 0.2) is 83.8 Å². The van der Waals surface area contributed by atoms with Crippen LogP contribution in [0.4, 0.5) is 10.5 Å². The summed E-state index contributed by atoms with van der Waals surface area (Å²) in [5.74, 6) is -0.514. The molecule has 0 bridgehead atoms. The molecule has 44 heavy (non-hydrogen) atoms. The largest absolute Gasteiger partial charge is 0.434 e. The van der Waals surface area contributed by atoms with Crippen LogP contribution < -0.4 is 10.2 Å². The van der Waals surface area contributed by atoms with Gasteiger partial charge in [-0.15, -0.1) is 0 Å². The SMILES string of the molecule is CCc1ccc(S(=O)(=O)N(C[C@@H](C)CC)C[C@@H](O)[C@H](Cc2ccccc2)NC(=O)[C@@H]2CN(c3cccc(C)c3)C(=O)O2)cc1. The molecular formula is C34H43N3O6S. The average Bonchev–Trinajstić information content (AvgIpc) is 3.42. The lowest BCUT2D eigenvalue weighted by molar-refractivity contribution is -0.129. The van der Waals surface area contributed by atoms with Crippen LogP contribution in [-0.2, 0) is 32.4 Å². The minimum atomic E-state index is -3.94. The summed E-state index contributed by atoms with van der Waals surface area (Å²) in [6.07, 6.45) is -1.18. The summed E-state index contributed by atoms with van der Waals surface area (Å²) in [5, 5.41) is 14.5. The van der Waals surface area contributed by atoms with Crippen LogP contribution in [0.2, 0.25) is 0 Å². The molecule has 9 nitrogen and oxygen atoms in total. The van der Waals surface area contributed by atoms with Crippen molar-refractivity contribution in [1.29, 1.82) is 0 Å². The number of hydrogen-bond acceptors (Lipinski definition) is 6. The van der Waals surface area contributed by atoms with E-state index >= 15 is 0 Å². The quantitative estimate of drug-likeness (QED) is 0.270. The highest BCUT2D eigenvalue weighted by molar-refractivity contribution is 7.89. The molecular weight excluding hydrogens is 578 g/mol. The molecule has 1 fully saturated rings. The van der Waals surface area contributed by atoms with Gasteiger partial charge in [-0.3, -0.25) is 9.69 Å². The maximum absolute atomic E-state index is 13.8. The summed E-state index contributed by atoms with van der Waals surface area (Å²) < 4.78 is 34.4. The van der Waals surface area contributed by atoms with Gasteiger partial charge in [0.1, 0.15) is 0 Å². The van der Waals surface area contributed by atoms with E-state index < -0.39 is 40.3 Å². The molecule has 0 aliphatic carbocycles. The molecule has 2 N–H and O–H groups in total. The zero-order valence-electron chi connectivity index (χ0n) is 25.8. The highest BCUT2D eigenvalue weighted by Crippen LogP contribution is 2.24. The van der Waals surface area contributed by atoms with Gasteiger partial charge in [-0.05, 0) is 66.6 Å². The number of ether oxygens (including phenoxy) is 1. The minimum absolute atomic E-state index is 0.0184. The Morgan fingerprint density at radius 1 is 1.02 bits per heavy atom. The number of anilines is 1. The average molecular weight is 622 g/mol. The molecule has 10 heteroatoms. The van der Waals surface area contributed by atoms with E-state index in [0.717, 1.165) is 29.5 Å². The molecule has 4 atom stereocenters. The molecule has 0 saturated carbocycles. The number of aryl methyl sites for hydroxylation is 2. The molecule has 3 aromatic carbocycles. The molecule has 1 aliphatic heterocycles. The summed E-state index contributed by atoms with van der Waals surface area (Å²) in [7, 11) is -3.94. The van der Waals surface area contributed by atoms with Gasteiger partial charge < -0.3 is 15.2 Å². The van der Waals surface area contributed by atoms with E-state index in [1.54, 1.807) is 30.3 Å². The monoisotopic (exact) mass is 621 g/mol. The number of cyclic esters (lactones) is 1. The Morgan fingerprint density at radius 3 is 2.36 bits per heavy atom. The Kier molecular flexibility index (Phi) is 11.2. The highest BCUT2D eigenvalue weighted by Gasteiger charge is 2.39. The summed E-state index contributed by atoms with van der Waals surface area (Å²) >= 11 is 0. The van der Waals surface area contributed by atoms with Crippen molar-refractivity contribution >= 4 is 27.7 Å². The maximum atomic E-state index is 13.8. The van der Waals surface area contributed by atoms with Gasteiger partial charge in [0.2, 0.25) is 10.0 Å². The number of nitrogens with zero attached hydrogens (tertiary/aromatic N) is 2. The first kappa shape index (κ1) is 33.2. The van der Waals surface area contributed by atoms with E-state index in [-0.39, 0.29) is 36.9 Å². The molecule has 4 rings (SSSR count). The number of aliphatic hydroxyl groups is 1. The molecule has 0 spiro atoms. The van der Waals surface area contributed by atoms with Crippen LogP contribution in [0.25, 0.3) is 0 Å². The third-order valence-electron chi connectivity index (χ3n) is 8.08. The lowest BCUT2D eigenvalue weighted by Gasteiger charge is -2.31. The Labute approximate surface area is 260 Å². The van der Waals surface area contributed by atoms with Crippen molar-refractivity contribution in [2.24, 2.45) is 5.92 Å². The van der Waals surface area contributed by atoms with E-state index in [4.69, 9.17) is 4.74 Å². The topological polar surface area (TPSA) is 116 Å².